The van der Waals surface area contributed by atoms with Crippen LogP contribution in [0.4, 0.5) is 0 Å². The Morgan fingerprint density at radius 2 is 2.10 bits per heavy atom. The van der Waals surface area contributed by atoms with Gasteiger partial charge in [0, 0.05) is 0 Å². The Balaban J connectivity index is 2.11. The Labute approximate surface area is 132 Å². The van der Waals surface area contributed by atoms with E-state index in [0.717, 1.165) is 14.9 Å². The van der Waals surface area contributed by atoms with Gasteiger partial charge in [0.15, 0.2) is 5.76 Å². The van der Waals surface area contributed by atoms with Gasteiger partial charge in [-0.1, -0.05) is 36.4 Å². The van der Waals surface area contributed by atoms with Crippen molar-refractivity contribution in [1.82, 2.24) is 10.1 Å². The SMILES string of the molecule is C=C[C@@H](c1onc(OCc2ccccc2)c1I)N(C)C. The Hall–Kier alpha value is -1.34. The minimum atomic E-state index is -0.0107. The molecule has 0 N–H and O–H groups in total. The van der Waals surface area contributed by atoms with E-state index in [1.54, 1.807) is 0 Å². The summed E-state index contributed by atoms with van der Waals surface area (Å²) in [5.74, 6) is 1.28. The fourth-order valence-corrected chi connectivity index (χ4v) is 2.50. The largest absolute Gasteiger partial charge is 0.470 e. The summed E-state index contributed by atoms with van der Waals surface area (Å²) in [4.78, 5) is 2.01. The van der Waals surface area contributed by atoms with Crippen LogP contribution in [0, 0.1) is 3.57 Å². The lowest BCUT2D eigenvalue weighted by Crippen LogP contribution is -2.17. The normalized spacial score (nSPS) is 12.4. The first kappa shape index (κ1) is 15.1. The van der Waals surface area contributed by atoms with Crippen molar-refractivity contribution in [2.45, 2.75) is 12.6 Å². The van der Waals surface area contributed by atoms with Gasteiger partial charge in [-0.2, -0.15) is 0 Å². The zero-order valence-electron chi connectivity index (χ0n) is 11.5. The minimum absolute atomic E-state index is 0.0107. The third-order valence-electron chi connectivity index (χ3n) is 2.90. The quantitative estimate of drug-likeness (QED) is 0.563. The van der Waals surface area contributed by atoms with Gasteiger partial charge in [0.1, 0.15) is 10.2 Å². The number of benzene rings is 1. The Morgan fingerprint density at radius 1 is 1.40 bits per heavy atom. The van der Waals surface area contributed by atoms with Gasteiger partial charge in [-0.3, -0.25) is 4.90 Å². The number of nitrogens with zero attached hydrogens (tertiary/aromatic N) is 2. The number of halogens is 1. The Morgan fingerprint density at radius 3 is 2.70 bits per heavy atom. The molecule has 0 radical (unpaired) electrons. The van der Waals surface area contributed by atoms with Crippen molar-refractivity contribution < 1.29 is 9.26 Å². The molecule has 1 aromatic heterocycles. The van der Waals surface area contributed by atoms with E-state index >= 15 is 0 Å². The summed E-state index contributed by atoms with van der Waals surface area (Å²) in [7, 11) is 3.94. The zero-order valence-corrected chi connectivity index (χ0v) is 13.7. The van der Waals surface area contributed by atoms with E-state index in [0.29, 0.717) is 12.5 Å². The number of aromatic nitrogens is 1. The molecule has 0 spiro atoms. The van der Waals surface area contributed by atoms with Crippen LogP contribution >= 0.6 is 22.6 Å². The molecular formula is C15H17IN2O2. The van der Waals surface area contributed by atoms with Crippen molar-refractivity contribution in [3.63, 3.8) is 0 Å². The second kappa shape index (κ2) is 6.90. The molecule has 0 unspecified atom stereocenters. The third-order valence-corrected chi connectivity index (χ3v) is 3.89. The molecule has 20 heavy (non-hydrogen) atoms. The molecule has 0 saturated heterocycles. The summed E-state index contributed by atoms with van der Waals surface area (Å²) < 4.78 is 12.0. The minimum Gasteiger partial charge on any atom is -0.470 e. The molecule has 1 aromatic carbocycles. The molecule has 1 heterocycles. The van der Waals surface area contributed by atoms with Crippen LogP contribution in [0.5, 0.6) is 5.88 Å². The maximum Gasteiger partial charge on any atom is 0.268 e. The second-order valence-corrected chi connectivity index (χ2v) is 5.66. The van der Waals surface area contributed by atoms with Crippen molar-refractivity contribution >= 4 is 22.6 Å². The topological polar surface area (TPSA) is 38.5 Å². The molecule has 0 aliphatic carbocycles. The predicted octanol–water partition coefficient (Wildman–Crippen LogP) is 3.65. The summed E-state index contributed by atoms with van der Waals surface area (Å²) >= 11 is 2.20. The summed E-state index contributed by atoms with van der Waals surface area (Å²) in [6, 6.07) is 9.96. The van der Waals surface area contributed by atoms with E-state index in [2.05, 4.69) is 34.3 Å². The highest BCUT2D eigenvalue weighted by atomic mass is 127. The first-order valence-corrected chi connectivity index (χ1v) is 7.32. The molecule has 0 aliphatic heterocycles. The highest BCUT2D eigenvalue weighted by Crippen LogP contribution is 2.31. The highest BCUT2D eigenvalue weighted by molar-refractivity contribution is 14.1. The molecule has 106 valence electrons. The highest BCUT2D eigenvalue weighted by Gasteiger charge is 2.23. The van der Waals surface area contributed by atoms with E-state index in [1.165, 1.54) is 0 Å². The number of ether oxygens (including phenoxy) is 1. The van der Waals surface area contributed by atoms with Gasteiger partial charge in [-0.25, -0.2) is 0 Å². The first-order chi connectivity index (χ1) is 9.63. The predicted molar refractivity (Wildman–Crippen MR) is 86.6 cm³/mol. The van der Waals surface area contributed by atoms with Crippen LogP contribution in [-0.2, 0) is 6.61 Å². The summed E-state index contributed by atoms with van der Waals surface area (Å²) in [6.07, 6.45) is 1.82. The molecule has 0 aliphatic rings. The molecule has 0 bridgehead atoms. The molecule has 2 rings (SSSR count). The molecule has 0 fully saturated rings. The number of hydrogen-bond donors (Lipinski definition) is 0. The average Bonchev–Trinajstić information content (AvgIpc) is 2.80. The summed E-state index contributed by atoms with van der Waals surface area (Å²) in [5, 5.41) is 4.00. The van der Waals surface area contributed by atoms with Gasteiger partial charge in [-0.15, -0.1) is 6.58 Å². The molecule has 1 atom stereocenters. The monoisotopic (exact) mass is 384 g/mol. The lowest BCUT2D eigenvalue weighted by atomic mass is 10.2. The van der Waals surface area contributed by atoms with E-state index in [1.807, 2.05) is 55.4 Å². The average molecular weight is 384 g/mol. The van der Waals surface area contributed by atoms with Crippen molar-refractivity contribution in [3.05, 3.63) is 57.9 Å². The van der Waals surface area contributed by atoms with Crippen molar-refractivity contribution in [2.24, 2.45) is 0 Å². The standard InChI is InChI=1S/C15H17IN2O2/c1-4-12(18(2)3)14-13(16)15(17-20-14)19-10-11-8-6-5-7-9-11/h4-9,12H,1,10H2,2-3H3/t12-/m0/s1. The van der Waals surface area contributed by atoms with Crippen LogP contribution in [0.15, 0.2) is 47.5 Å². The third kappa shape index (κ3) is 3.40. The maximum absolute atomic E-state index is 5.71. The smallest absolute Gasteiger partial charge is 0.268 e. The lowest BCUT2D eigenvalue weighted by Gasteiger charge is -2.17. The number of hydrogen-bond acceptors (Lipinski definition) is 4. The van der Waals surface area contributed by atoms with Crippen LogP contribution in [-0.4, -0.2) is 24.2 Å². The second-order valence-electron chi connectivity index (χ2n) is 4.58. The summed E-state index contributed by atoms with van der Waals surface area (Å²) in [5.41, 5.74) is 1.10. The van der Waals surface area contributed by atoms with Crippen LogP contribution < -0.4 is 4.74 Å². The number of likely N-dealkylation sites (N-methyl/N-ethyl adjacent to an activating group) is 1. The van der Waals surface area contributed by atoms with Gasteiger partial charge < -0.3 is 9.26 Å². The van der Waals surface area contributed by atoms with Gasteiger partial charge in [-0.05, 0) is 47.4 Å². The first-order valence-electron chi connectivity index (χ1n) is 6.24. The molecular weight excluding hydrogens is 367 g/mol. The fraction of sp³-hybridized carbons (Fsp3) is 0.267. The summed E-state index contributed by atoms with van der Waals surface area (Å²) in [6.45, 7) is 4.30. The van der Waals surface area contributed by atoms with Gasteiger partial charge >= 0.3 is 0 Å². The molecule has 4 nitrogen and oxygen atoms in total. The van der Waals surface area contributed by atoms with E-state index in [-0.39, 0.29) is 6.04 Å². The molecule has 2 aromatic rings. The zero-order chi connectivity index (χ0) is 14.5. The Kier molecular flexibility index (Phi) is 5.19. The van der Waals surface area contributed by atoms with Crippen molar-refractivity contribution in [2.75, 3.05) is 14.1 Å². The van der Waals surface area contributed by atoms with E-state index in [9.17, 15) is 0 Å². The molecule has 0 amide bonds. The molecule has 0 saturated carbocycles. The lowest BCUT2D eigenvalue weighted by molar-refractivity contribution is 0.248. The van der Waals surface area contributed by atoms with Crippen LogP contribution in [0.3, 0.4) is 0 Å². The maximum atomic E-state index is 5.71. The van der Waals surface area contributed by atoms with Gasteiger partial charge in [0.2, 0.25) is 0 Å². The van der Waals surface area contributed by atoms with Gasteiger partial charge in [0.25, 0.3) is 5.88 Å². The van der Waals surface area contributed by atoms with Crippen molar-refractivity contribution in [3.8, 4) is 5.88 Å². The van der Waals surface area contributed by atoms with Crippen molar-refractivity contribution in [1.29, 1.82) is 0 Å². The van der Waals surface area contributed by atoms with Crippen LogP contribution in [0.25, 0.3) is 0 Å². The van der Waals surface area contributed by atoms with E-state index in [4.69, 9.17) is 9.26 Å². The Bertz CT molecular complexity index is 567. The molecule has 5 heteroatoms. The van der Waals surface area contributed by atoms with Crippen LogP contribution in [0.1, 0.15) is 17.4 Å². The van der Waals surface area contributed by atoms with Crippen LogP contribution in [0.2, 0.25) is 0 Å². The van der Waals surface area contributed by atoms with Gasteiger partial charge in [0.05, 0.1) is 6.04 Å². The fourth-order valence-electron chi connectivity index (χ4n) is 1.83. The van der Waals surface area contributed by atoms with E-state index < -0.39 is 0 Å². The number of rotatable bonds is 6.